The summed E-state index contributed by atoms with van der Waals surface area (Å²) in [6, 6.07) is 0. The SMILES string of the molecule is [2H]C([2H])=CC(N)=O. The van der Waals surface area contributed by atoms with Gasteiger partial charge in [-0.3, -0.25) is 4.79 Å². The van der Waals surface area contributed by atoms with E-state index >= 15 is 0 Å². The molecular formula is C3H5NO. The lowest BCUT2D eigenvalue weighted by Gasteiger charge is -1.65. The summed E-state index contributed by atoms with van der Waals surface area (Å²) < 4.78 is 12.7. The number of carbonyl (C=O) groups excluding carboxylic acids is 1. The van der Waals surface area contributed by atoms with Gasteiger partial charge in [0.2, 0.25) is 5.91 Å². The minimum atomic E-state index is -0.750. The van der Waals surface area contributed by atoms with Crippen molar-refractivity contribution in [1.82, 2.24) is 0 Å². The second-order valence-corrected chi connectivity index (χ2v) is 0.547. The summed E-state index contributed by atoms with van der Waals surface area (Å²) in [5.74, 6) is -0.750. The van der Waals surface area contributed by atoms with Crippen molar-refractivity contribution in [2.24, 2.45) is 5.73 Å². The van der Waals surface area contributed by atoms with Crippen LogP contribution in [-0.4, -0.2) is 5.91 Å². The van der Waals surface area contributed by atoms with Crippen molar-refractivity contribution in [3.05, 3.63) is 12.6 Å². The van der Waals surface area contributed by atoms with Gasteiger partial charge in [-0.2, -0.15) is 0 Å². The predicted octanol–water partition coefficient (Wildman–Crippen LogP) is -0.342. The van der Waals surface area contributed by atoms with Gasteiger partial charge in [-0.15, -0.1) is 0 Å². The van der Waals surface area contributed by atoms with Gasteiger partial charge in [0.15, 0.2) is 0 Å². The monoisotopic (exact) mass is 73.0 g/mol. The molecule has 0 rings (SSSR count). The molecule has 0 heterocycles. The van der Waals surface area contributed by atoms with E-state index in [1.165, 1.54) is 0 Å². The van der Waals surface area contributed by atoms with Crippen LogP contribution >= 0.6 is 0 Å². The molecule has 0 unspecified atom stereocenters. The molecule has 0 saturated carbocycles. The van der Waals surface area contributed by atoms with E-state index in [2.05, 4.69) is 5.73 Å². The molecule has 28 valence electrons. The first-order valence-corrected chi connectivity index (χ1v) is 1.07. The number of carbonyl (C=O) groups is 1. The van der Waals surface area contributed by atoms with Crippen LogP contribution in [0, 0.1) is 0 Å². The largest absolute Gasteiger partial charge is 0.366 e. The Morgan fingerprint density at radius 2 is 3.00 bits per heavy atom. The first-order chi connectivity index (χ1) is 3.13. The fourth-order valence-electron chi connectivity index (χ4n) is 0. The quantitative estimate of drug-likeness (QED) is 0.424. The van der Waals surface area contributed by atoms with E-state index in [0.717, 1.165) is 6.08 Å². The molecule has 2 N–H and O–H groups in total. The van der Waals surface area contributed by atoms with Gasteiger partial charge in [0, 0.05) is 0 Å². The number of rotatable bonds is 1. The van der Waals surface area contributed by atoms with Crippen molar-refractivity contribution in [1.29, 1.82) is 0 Å². The van der Waals surface area contributed by atoms with Crippen molar-refractivity contribution >= 4 is 5.91 Å². The summed E-state index contributed by atoms with van der Waals surface area (Å²) in [5, 5.41) is 0. The van der Waals surface area contributed by atoms with Gasteiger partial charge in [0.25, 0.3) is 0 Å². The molecule has 1 amide bonds. The minimum absolute atomic E-state index is 0.562. The van der Waals surface area contributed by atoms with Crippen molar-refractivity contribution in [3.8, 4) is 0 Å². The molecule has 0 aromatic heterocycles. The molecule has 0 radical (unpaired) electrons. The van der Waals surface area contributed by atoms with Crippen molar-refractivity contribution in [2.45, 2.75) is 0 Å². The Hall–Kier alpha value is -0.790. The Kier molecular flexibility index (Phi) is 0.486. The van der Waals surface area contributed by atoms with Crippen LogP contribution in [0.4, 0.5) is 0 Å². The molecule has 0 aromatic carbocycles. The van der Waals surface area contributed by atoms with Gasteiger partial charge in [0.05, 0.1) is 2.74 Å². The predicted molar refractivity (Wildman–Crippen MR) is 19.4 cm³/mol. The lowest BCUT2D eigenvalue weighted by molar-refractivity contribution is -0.113. The van der Waals surface area contributed by atoms with Crippen LogP contribution < -0.4 is 5.73 Å². The maximum absolute atomic E-state index is 9.72. The Bertz CT molecular complexity index is 106. The maximum atomic E-state index is 9.72. The van der Waals surface area contributed by atoms with Gasteiger partial charge in [-0.25, -0.2) is 0 Å². The Morgan fingerprint density at radius 1 is 2.40 bits per heavy atom. The third-order valence-electron chi connectivity index (χ3n) is 0.142. The molecule has 0 aliphatic carbocycles. The van der Waals surface area contributed by atoms with Crippen LogP contribution in [0.25, 0.3) is 0 Å². The highest BCUT2D eigenvalue weighted by atomic mass is 16.1. The highest BCUT2D eigenvalue weighted by Crippen LogP contribution is 1.48. The average molecular weight is 73.1 g/mol. The van der Waals surface area contributed by atoms with E-state index in [-0.39, 0.29) is 0 Å². The van der Waals surface area contributed by atoms with E-state index < -0.39 is 12.4 Å². The van der Waals surface area contributed by atoms with Crippen LogP contribution in [0.15, 0.2) is 12.6 Å². The summed E-state index contributed by atoms with van der Waals surface area (Å²) >= 11 is 0. The van der Waals surface area contributed by atoms with Crippen LogP contribution in [0.1, 0.15) is 2.74 Å². The summed E-state index contributed by atoms with van der Waals surface area (Å²) in [7, 11) is 0. The molecule has 0 aromatic rings. The van der Waals surface area contributed by atoms with E-state index in [1.54, 1.807) is 0 Å². The van der Waals surface area contributed by atoms with E-state index in [1.807, 2.05) is 0 Å². The third-order valence-corrected chi connectivity index (χ3v) is 0.142. The summed E-state index contributed by atoms with van der Waals surface area (Å²) in [4.78, 5) is 9.72. The van der Waals surface area contributed by atoms with E-state index in [9.17, 15) is 4.79 Å². The number of hydrogen-bond donors (Lipinski definition) is 1. The van der Waals surface area contributed by atoms with Crippen LogP contribution in [0.3, 0.4) is 0 Å². The van der Waals surface area contributed by atoms with Gasteiger partial charge < -0.3 is 5.73 Å². The van der Waals surface area contributed by atoms with Gasteiger partial charge >= 0.3 is 0 Å². The molecule has 2 heteroatoms. The van der Waals surface area contributed by atoms with Gasteiger partial charge in [-0.1, -0.05) is 6.53 Å². The first kappa shape index (κ1) is 1.60. The molecular weight excluding hydrogens is 66.0 g/mol. The van der Waals surface area contributed by atoms with E-state index in [0.29, 0.717) is 0 Å². The van der Waals surface area contributed by atoms with Crippen LogP contribution in [0.5, 0.6) is 0 Å². The molecule has 0 bridgehead atoms. The Balaban J connectivity index is 3.68. The lowest BCUT2D eigenvalue weighted by Crippen LogP contribution is -2.04. The second kappa shape index (κ2) is 1.52. The second-order valence-electron chi connectivity index (χ2n) is 0.547. The normalized spacial score (nSPS) is 11.2. The number of nitrogens with two attached hydrogens (primary N) is 1. The molecule has 0 atom stereocenters. The summed E-state index contributed by atoms with van der Waals surface area (Å²) in [5.41, 5.74) is 4.54. The number of primary amides is 1. The topological polar surface area (TPSA) is 43.1 Å². The van der Waals surface area contributed by atoms with Gasteiger partial charge in [-0.05, 0) is 6.08 Å². The zero-order valence-corrected chi connectivity index (χ0v) is 2.56. The third kappa shape index (κ3) is 3.21. The molecule has 0 aliphatic rings. The zero-order valence-electron chi connectivity index (χ0n) is 4.56. The van der Waals surface area contributed by atoms with Crippen molar-refractivity contribution < 1.29 is 7.54 Å². The van der Waals surface area contributed by atoms with Crippen LogP contribution in [-0.2, 0) is 4.79 Å². The highest BCUT2D eigenvalue weighted by molar-refractivity contribution is 5.84. The molecule has 0 saturated heterocycles. The van der Waals surface area contributed by atoms with Crippen molar-refractivity contribution in [2.75, 3.05) is 0 Å². The minimum Gasteiger partial charge on any atom is -0.366 e. The molecule has 0 aliphatic heterocycles. The smallest absolute Gasteiger partial charge is 0.240 e. The maximum Gasteiger partial charge on any atom is 0.240 e. The molecule has 2 nitrogen and oxygen atoms in total. The standard InChI is InChI=1S/C3H5NO/c1-2-3(4)5/h2H,1H2,(H2,4,5)/i1D2. The van der Waals surface area contributed by atoms with Crippen molar-refractivity contribution in [3.63, 3.8) is 0 Å². The van der Waals surface area contributed by atoms with Crippen LogP contribution in [0.2, 0.25) is 0 Å². The zero-order chi connectivity index (χ0) is 5.86. The van der Waals surface area contributed by atoms with Gasteiger partial charge in [0.1, 0.15) is 0 Å². The fraction of sp³-hybridized carbons (Fsp3) is 0. The first-order valence-electron chi connectivity index (χ1n) is 2.07. The summed E-state index contributed by atoms with van der Waals surface area (Å²) in [6.07, 6.45) is 0.722. The Morgan fingerprint density at radius 3 is 3.00 bits per heavy atom. The van der Waals surface area contributed by atoms with E-state index in [4.69, 9.17) is 2.74 Å². The molecule has 0 spiro atoms. The average Bonchev–Trinajstić information content (AvgIpc) is 1.27. The highest BCUT2D eigenvalue weighted by Gasteiger charge is 1.69. The molecule has 5 heavy (non-hydrogen) atoms. The molecule has 0 fully saturated rings. The lowest BCUT2D eigenvalue weighted by atomic mass is 10.6. The summed E-state index contributed by atoms with van der Waals surface area (Å²) in [6.45, 7) is -0.562. The number of amides is 1. The fourth-order valence-corrected chi connectivity index (χ4v) is 0. The Labute approximate surface area is 33.1 Å². The number of hydrogen-bond acceptors (Lipinski definition) is 1.